The molecule has 0 aliphatic rings. The van der Waals surface area contributed by atoms with E-state index in [2.05, 4.69) is 26.8 Å². The van der Waals surface area contributed by atoms with E-state index in [1.807, 2.05) is 12.1 Å². The molecule has 0 saturated carbocycles. The maximum Gasteiger partial charge on any atom is 0.269 e. The van der Waals surface area contributed by atoms with E-state index in [9.17, 15) is 9.59 Å². The average Bonchev–Trinajstić information content (AvgIpc) is 2.53. The Balaban J connectivity index is 1.95. The summed E-state index contributed by atoms with van der Waals surface area (Å²) in [5, 5.41) is 0. The van der Waals surface area contributed by atoms with Crippen LogP contribution in [0.4, 0.5) is 0 Å². The van der Waals surface area contributed by atoms with Crippen molar-refractivity contribution in [2.75, 3.05) is 0 Å². The fraction of sp³-hybridized carbons (Fsp3) is 0.0588. The van der Waals surface area contributed by atoms with E-state index in [4.69, 9.17) is 0 Å². The molecule has 0 fully saturated rings. The summed E-state index contributed by atoms with van der Waals surface area (Å²) in [5.41, 5.74) is 6.95. The van der Waals surface area contributed by atoms with Crippen molar-refractivity contribution < 1.29 is 9.59 Å². The lowest BCUT2D eigenvalue weighted by atomic mass is 10.1. The Bertz CT molecular complexity index is 712. The first-order chi connectivity index (χ1) is 10.6. The van der Waals surface area contributed by atoms with Gasteiger partial charge in [0.05, 0.1) is 0 Å². The summed E-state index contributed by atoms with van der Waals surface area (Å²) in [6.45, 7) is 1.71. The summed E-state index contributed by atoms with van der Waals surface area (Å²) < 4.78 is 0.826. The van der Waals surface area contributed by atoms with Gasteiger partial charge in [-0.15, -0.1) is 0 Å². The zero-order valence-electron chi connectivity index (χ0n) is 12.0. The summed E-state index contributed by atoms with van der Waals surface area (Å²) in [6.07, 6.45) is 1.44. The van der Waals surface area contributed by atoms with Crippen molar-refractivity contribution in [1.29, 1.82) is 0 Å². The Labute approximate surface area is 137 Å². The minimum absolute atomic E-state index is 0.123. The van der Waals surface area contributed by atoms with Gasteiger partial charge in [0.15, 0.2) is 5.78 Å². The SMILES string of the molecule is C/C(=C/C(=O)c1ccccc1)NNC(=O)c1cccc(Br)c1. The summed E-state index contributed by atoms with van der Waals surface area (Å²) in [5.74, 6) is -0.400. The number of allylic oxidation sites excluding steroid dienone is 2. The molecule has 0 unspecified atom stereocenters. The molecule has 2 aromatic carbocycles. The molecule has 0 spiro atoms. The third kappa shape index (κ3) is 4.56. The van der Waals surface area contributed by atoms with Crippen molar-refractivity contribution >= 4 is 27.6 Å². The maximum atomic E-state index is 12.0. The predicted molar refractivity (Wildman–Crippen MR) is 89.3 cm³/mol. The van der Waals surface area contributed by atoms with Crippen LogP contribution in [0.1, 0.15) is 27.6 Å². The molecule has 5 heteroatoms. The van der Waals surface area contributed by atoms with E-state index in [0.717, 1.165) is 4.47 Å². The fourth-order valence-corrected chi connectivity index (χ4v) is 2.17. The van der Waals surface area contributed by atoms with E-state index in [1.165, 1.54) is 6.08 Å². The Morgan fingerprint density at radius 3 is 2.32 bits per heavy atom. The molecule has 2 N–H and O–H groups in total. The lowest BCUT2D eigenvalue weighted by Gasteiger charge is -2.09. The molecule has 0 radical (unpaired) electrons. The Hall–Kier alpha value is -2.40. The minimum Gasteiger partial charge on any atom is -0.303 e. The van der Waals surface area contributed by atoms with Crippen LogP contribution < -0.4 is 10.9 Å². The molecular formula is C17H15BrN2O2. The first-order valence-electron chi connectivity index (χ1n) is 6.66. The van der Waals surface area contributed by atoms with Crippen molar-refractivity contribution in [3.8, 4) is 0 Å². The third-order valence-electron chi connectivity index (χ3n) is 2.87. The Morgan fingerprint density at radius 1 is 0.955 bits per heavy atom. The van der Waals surface area contributed by atoms with Gasteiger partial charge in [0, 0.05) is 27.4 Å². The van der Waals surface area contributed by atoms with Crippen LogP contribution in [-0.2, 0) is 0 Å². The number of benzene rings is 2. The van der Waals surface area contributed by atoms with Crippen molar-refractivity contribution in [3.05, 3.63) is 82.0 Å². The highest BCUT2D eigenvalue weighted by molar-refractivity contribution is 9.10. The monoisotopic (exact) mass is 358 g/mol. The standard InChI is InChI=1S/C17H15BrN2O2/c1-12(10-16(21)13-6-3-2-4-7-13)19-20-17(22)14-8-5-9-15(18)11-14/h2-11,19H,1H3,(H,20,22)/b12-10-. The highest BCUT2D eigenvalue weighted by atomic mass is 79.9. The van der Waals surface area contributed by atoms with Gasteiger partial charge in [-0.25, -0.2) is 0 Å². The number of carbonyl (C=O) groups is 2. The summed E-state index contributed by atoms with van der Waals surface area (Å²) in [7, 11) is 0. The molecule has 0 aliphatic heterocycles. The Morgan fingerprint density at radius 2 is 1.64 bits per heavy atom. The molecular weight excluding hydrogens is 344 g/mol. The van der Waals surface area contributed by atoms with Gasteiger partial charge in [-0.3, -0.25) is 15.0 Å². The van der Waals surface area contributed by atoms with Gasteiger partial charge in [0.1, 0.15) is 0 Å². The van der Waals surface area contributed by atoms with E-state index in [1.54, 1.807) is 49.4 Å². The first kappa shape index (κ1) is 16.0. The van der Waals surface area contributed by atoms with E-state index >= 15 is 0 Å². The highest BCUT2D eigenvalue weighted by Crippen LogP contribution is 2.11. The van der Waals surface area contributed by atoms with Crippen molar-refractivity contribution in [1.82, 2.24) is 10.9 Å². The van der Waals surface area contributed by atoms with Crippen LogP contribution in [0.3, 0.4) is 0 Å². The van der Waals surface area contributed by atoms with Gasteiger partial charge in [-0.2, -0.15) is 0 Å². The maximum absolute atomic E-state index is 12.0. The molecule has 1 amide bonds. The van der Waals surface area contributed by atoms with Crippen LogP contribution >= 0.6 is 15.9 Å². The molecule has 0 heterocycles. The van der Waals surface area contributed by atoms with E-state index < -0.39 is 0 Å². The normalized spacial score (nSPS) is 10.9. The minimum atomic E-state index is -0.277. The second-order valence-electron chi connectivity index (χ2n) is 4.65. The lowest BCUT2D eigenvalue weighted by Crippen LogP contribution is -2.36. The van der Waals surface area contributed by atoms with E-state index in [-0.39, 0.29) is 11.7 Å². The first-order valence-corrected chi connectivity index (χ1v) is 7.45. The second-order valence-corrected chi connectivity index (χ2v) is 5.56. The van der Waals surface area contributed by atoms with Gasteiger partial charge < -0.3 is 5.43 Å². The van der Waals surface area contributed by atoms with E-state index in [0.29, 0.717) is 16.8 Å². The molecule has 22 heavy (non-hydrogen) atoms. The number of carbonyl (C=O) groups excluding carboxylic acids is 2. The lowest BCUT2D eigenvalue weighted by molar-refractivity contribution is 0.0936. The number of rotatable bonds is 5. The molecule has 0 aromatic heterocycles. The smallest absolute Gasteiger partial charge is 0.269 e. The molecule has 0 atom stereocenters. The number of amides is 1. The van der Waals surface area contributed by atoms with Crippen LogP contribution in [0.25, 0.3) is 0 Å². The molecule has 0 aliphatic carbocycles. The zero-order valence-corrected chi connectivity index (χ0v) is 13.6. The van der Waals surface area contributed by atoms with Crippen LogP contribution in [0.2, 0.25) is 0 Å². The molecule has 2 aromatic rings. The third-order valence-corrected chi connectivity index (χ3v) is 3.36. The van der Waals surface area contributed by atoms with Crippen LogP contribution in [0.15, 0.2) is 70.8 Å². The Kier molecular flexibility index (Phi) is 5.49. The quantitative estimate of drug-likeness (QED) is 0.488. The molecule has 112 valence electrons. The van der Waals surface area contributed by atoms with Crippen LogP contribution in [0, 0.1) is 0 Å². The summed E-state index contributed by atoms with van der Waals surface area (Å²) >= 11 is 3.31. The number of hydrazine groups is 1. The number of halogens is 1. The molecule has 4 nitrogen and oxygen atoms in total. The largest absolute Gasteiger partial charge is 0.303 e. The number of nitrogens with one attached hydrogen (secondary N) is 2. The second kappa shape index (κ2) is 7.56. The number of hydrogen-bond acceptors (Lipinski definition) is 3. The van der Waals surface area contributed by atoms with Crippen molar-refractivity contribution in [2.45, 2.75) is 6.92 Å². The average molecular weight is 359 g/mol. The van der Waals surface area contributed by atoms with Gasteiger partial charge in [-0.05, 0) is 25.1 Å². The summed E-state index contributed by atoms with van der Waals surface area (Å²) in [4.78, 5) is 23.9. The van der Waals surface area contributed by atoms with Gasteiger partial charge in [0.25, 0.3) is 5.91 Å². The predicted octanol–water partition coefficient (Wildman–Crippen LogP) is 3.47. The van der Waals surface area contributed by atoms with Gasteiger partial charge in [-0.1, -0.05) is 52.3 Å². The summed E-state index contributed by atoms with van der Waals surface area (Å²) in [6, 6.07) is 16.0. The number of hydrogen-bond donors (Lipinski definition) is 2. The zero-order chi connectivity index (χ0) is 15.9. The molecule has 2 rings (SSSR count). The van der Waals surface area contributed by atoms with Crippen molar-refractivity contribution in [3.63, 3.8) is 0 Å². The molecule has 0 saturated heterocycles. The molecule has 0 bridgehead atoms. The van der Waals surface area contributed by atoms with Crippen LogP contribution in [0.5, 0.6) is 0 Å². The van der Waals surface area contributed by atoms with Crippen molar-refractivity contribution in [2.24, 2.45) is 0 Å². The van der Waals surface area contributed by atoms with Crippen LogP contribution in [-0.4, -0.2) is 11.7 Å². The topological polar surface area (TPSA) is 58.2 Å². The highest BCUT2D eigenvalue weighted by Gasteiger charge is 2.06. The number of ketones is 1. The van der Waals surface area contributed by atoms with Gasteiger partial charge >= 0.3 is 0 Å². The van der Waals surface area contributed by atoms with Gasteiger partial charge in [0.2, 0.25) is 0 Å². The fourth-order valence-electron chi connectivity index (χ4n) is 1.78.